The fraction of sp³-hybridized carbons (Fsp3) is 0.750. The SMILES string of the molecule is C=C(C(=O)NCCCCCNC(=O)CCCCOC(=O)C1CCCCC1C(=O)O)C(C)C. The third kappa shape index (κ3) is 10.8. The summed E-state index contributed by atoms with van der Waals surface area (Å²) in [7, 11) is 0. The van der Waals surface area contributed by atoms with Gasteiger partial charge in [0.2, 0.25) is 11.8 Å². The number of nitrogens with one attached hydrogen (secondary N) is 2. The quantitative estimate of drug-likeness (QED) is 0.199. The van der Waals surface area contributed by atoms with Crippen molar-refractivity contribution in [2.45, 2.75) is 78.1 Å². The number of carbonyl (C=O) groups is 4. The molecule has 32 heavy (non-hydrogen) atoms. The predicted octanol–water partition coefficient (Wildman–Crippen LogP) is 3.21. The first kappa shape index (κ1) is 27.7. The van der Waals surface area contributed by atoms with Gasteiger partial charge in [-0.15, -0.1) is 0 Å². The molecule has 1 rings (SSSR count). The third-order valence-corrected chi connectivity index (χ3v) is 5.88. The topological polar surface area (TPSA) is 122 Å². The molecule has 1 saturated carbocycles. The Morgan fingerprint density at radius 2 is 1.56 bits per heavy atom. The van der Waals surface area contributed by atoms with Gasteiger partial charge in [0, 0.05) is 25.1 Å². The number of hydrogen-bond donors (Lipinski definition) is 3. The zero-order chi connectivity index (χ0) is 23.9. The lowest BCUT2D eigenvalue weighted by Crippen LogP contribution is -2.34. The van der Waals surface area contributed by atoms with Gasteiger partial charge < -0.3 is 20.5 Å². The summed E-state index contributed by atoms with van der Waals surface area (Å²) in [6, 6.07) is 0. The standard InChI is InChI=1S/C24H40N2O6/c1-17(2)18(3)22(28)26-15-9-4-8-14-25-21(27)13-7-10-16-32-24(31)20-12-6-5-11-19(20)23(29)30/h17,19-20H,3-16H2,1-2H3,(H,25,27)(H,26,28)(H,29,30). The van der Waals surface area contributed by atoms with E-state index < -0.39 is 23.8 Å². The normalized spacial score (nSPS) is 18.1. The van der Waals surface area contributed by atoms with Gasteiger partial charge in [0.25, 0.3) is 0 Å². The van der Waals surface area contributed by atoms with Crippen LogP contribution in [0.25, 0.3) is 0 Å². The Morgan fingerprint density at radius 3 is 2.19 bits per heavy atom. The smallest absolute Gasteiger partial charge is 0.309 e. The molecular weight excluding hydrogens is 412 g/mol. The summed E-state index contributed by atoms with van der Waals surface area (Å²) in [6.45, 7) is 9.05. The Kier molecular flexibility index (Phi) is 13.3. The number of carbonyl (C=O) groups excluding carboxylic acids is 3. The Morgan fingerprint density at radius 1 is 0.938 bits per heavy atom. The van der Waals surface area contributed by atoms with E-state index in [1.165, 1.54) is 0 Å². The van der Waals surface area contributed by atoms with E-state index in [9.17, 15) is 24.3 Å². The van der Waals surface area contributed by atoms with Crippen molar-refractivity contribution in [2.75, 3.05) is 19.7 Å². The summed E-state index contributed by atoms with van der Waals surface area (Å²) in [4.78, 5) is 47.1. The predicted molar refractivity (Wildman–Crippen MR) is 122 cm³/mol. The van der Waals surface area contributed by atoms with Crippen LogP contribution < -0.4 is 10.6 Å². The molecule has 0 aromatic heterocycles. The third-order valence-electron chi connectivity index (χ3n) is 5.88. The molecule has 1 fully saturated rings. The van der Waals surface area contributed by atoms with E-state index >= 15 is 0 Å². The molecule has 8 nitrogen and oxygen atoms in total. The minimum absolute atomic E-state index is 0.0314. The molecule has 1 aliphatic carbocycles. The molecule has 0 heterocycles. The molecule has 0 radical (unpaired) electrons. The fourth-order valence-corrected chi connectivity index (χ4v) is 3.70. The van der Waals surface area contributed by atoms with Crippen LogP contribution in [-0.2, 0) is 23.9 Å². The van der Waals surface area contributed by atoms with Crippen LogP contribution in [0, 0.1) is 17.8 Å². The van der Waals surface area contributed by atoms with Gasteiger partial charge >= 0.3 is 11.9 Å². The van der Waals surface area contributed by atoms with Crippen LogP contribution in [0.1, 0.15) is 78.1 Å². The summed E-state index contributed by atoms with van der Waals surface area (Å²) in [6.07, 6.45) is 6.93. The summed E-state index contributed by atoms with van der Waals surface area (Å²) >= 11 is 0. The van der Waals surface area contributed by atoms with Crippen LogP contribution in [0.15, 0.2) is 12.2 Å². The number of ether oxygens (including phenoxy) is 1. The fourth-order valence-electron chi connectivity index (χ4n) is 3.70. The number of amides is 2. The van der Waals surface area contributed by atoms with Crippen molar-refractivity contribution < 1.29 is 29.0 Å². The number of hydrogen-bond acceptors (Lipinski definition) is 5. The lowest BCUT2D eigenvalue weighted by molar-refractivity contribution is -0.159. The van der Waals surface area contributed by atoms with Crippen molar-refractivity contribution in [1.29, 1.82) is 0 Å². The van der Waals surface area contributed by atoms with Gasteiger partial charge in [-0.1, -0.05) is 33.3 Å². The molecule has 0 aliphatic heterocycles. The number of unbranched alkanes of at least 4 members (excludes halogenated alkanes) is 3. The van der Waals surface area contributed by atoms with Crippen LogP contribution in [0.3, 0.4) is 0 Å². The molecule has 3 N–H and O–H groups in total. The second kappa shape index (κ2) is 15.4. The maximum atomic E-state index is 12.2. The first-order valence-electron chi connectivity index (χ1n) is 11.9. The lowest BCUT2D eigenvalue weighted by atomic mass is 9.79. The summed E-state index contributed by atoms with van der Waals surface area (Å²) < 4.78 is 5.25. The molecule has 0 aromatic carbocycles. The molecule has 2 unspecified atom stereocenters. The highest BCUT2D eigenvalue weighted by Gasteiger charge is 2.36. The summed E-state index contributed by atoms with van der Waals surface area (Å²) in [5, 5.41) is 15.0. The second-order valence-corrected chi connectivity index (χ2v) is 8.81. The zero-order valence-corrected chi connectivity index (χ0v) is 19.6. The molecule has 8 heteroatoms. The minimum Gasteiger partial charge on any atom is -0.481 e. The maximum absolute atomic E-state index is 12.2. The van der Waals surface area contributed by atoms with Crippen LogP contribution in [0.5, 0.6) is 0 Å². The van der Waals surface area contributed by atoms with Crippen LogP contribution in [0.4, 0.5) is 0 Å². The molecule has 0 bridgehead atoms. The number of esters is 1. The number of carboxylic acids is 1. The van der Waals surface area contributed by atoms with Crippen LogP contribution in [-0.4, -0.2) is 48.6 Å². The highest BCUT2D eigenvalue weighted by molar-refractivity contribution is 5.93. The van der Waals surface area contributed by atoms with E-state index in [0.29, 0.717) is 50.8 Å². The van der Waals surface area contributed by atoms with E-state index in [1.54, 1.807) is 0 Å². The minimum atomic E-state index is -0.926. The van der Waals surface area contributed by atoms with Gasteiger partial charge in [0.05, 0.1) is 18.4 Å². The van der Waals surface area contributed by atoms with Gasteiger partial charge in [-0.2, -0.15) is 0 Å². The van der Waals surface area contributed by atoms with E-state index in [-0.39, 0.29) is 24.3 Å². The van der Waals surface area contributed by atoms with Crippen molar-refractivity contribution in [2.24, 2.45) is 17.8 Å². The first-order valence-corrected chi connectivity index (χ1v) is 11.9. The zero-order valence-electron chi connectivity index (χ0n) is 19.6. The molecule has 0 saturated heterocycles. The van der Waals surface area contributed by atoms with E-state index in [4.69, 9.17) is 4.74 Å². The Balaban J connectivity index is 2.01. The van der Waals surface area contributed by atoms with E-state index in [1.807, 2.05) is 13.8 Å². The molecule has 1 aliphatic rings. The average Bonchev–Trinajstić information content (AvgIpc) is 2.77. The largest absolute Gasteiger partial charge is 0.481 e. The maximum Gasteiger partial charge on any atom is 0.309 e. The Hall–Kier alpha value is -2.38. The molecule has 0 aromatic rings. The van der Waals surface area contributed by atoms with Crippen molar-refractivity contribution in [3.63, 3.8) is 0 Å². The van der Waals surface area contributed by atoms with Gasteiger partial charge in [-0.25, -0.2) is 0 Å². The monoisotopic (exact) mass is 452 g/mol. The van der Waals surface area contributed by atoms with Crippen molar-refractivity contribution in [3.8, 4) is 0 Å². The van der Waals surface area contributed by atoms with Crippen LogP contribution in [0.2, 0.25) is 0 Å². The number of aliphatic carboxylic acids is 1. The summed E-state index contributed by atoms with van der Waals surface area (Å²) in [5.74, 6) is -2.53. The number of rotatable bonds is 15. The van der Waals surface area contributed by atoms with Crippen LogP contribution >= 0.6 is 0 Å². The highest BCUT2D eigenvalue weighted by atomic mass is 16.5. The van der Waals surface area contributed by atoms with Gasteiger partial charge in [0.1, 0.15) is 0 Å². The second-order valence-electron chi connectivity index (χ2n) is 8.81. The number of carboxylic acid groups (broad SMARTS) is 1. The van der Waals surface area contributed by atoms with Gasteiger partial charge in [-0.05, 0) is 50.9 Å². The highest BCUT2D eigenvalue weighted by Crippen LogP contribution is 2.31. The van der Waals surface area contributed by atoms with E-state index in [2.05, 4.69) is 17.2 Å². The van der Waals surface area contributed by atoms with Crippen molar-refractivity contribution >= 4 is 23.8 Å². The molecular formula is C24H40N2O6. The van der Waals surface area contributed by atoms with Crippen molar-refractivity contribution in [3.05, 3.63) is 12.2 Å². The van der Waals surface area contributed by atoms with Crippen molar-refractivity contribution in [1.82, 2.24) is 10.6 Å². The summed E-state index contributed by atoms with van der Waals surface area (Å²) in [5.41, 5.74) is 0.588. The van der Waals surface area contributed by atoms with Gasteiger partial charge in [-0.3, -0.25) is 19.2 Å². The average molecular weight is 453 g/mol. The van der Waals surface area contributed by atoms with E-state index in [0.717, 1.165) is 32.1 Å². The van der Waals surface area contributed by atoms with Gasteiger partial charge in [0.15, 0.2) is 0 Å². The first-order chi connectivity index (χ1) is 15.2. The molecule has 182 valence electrons. The Bertz CT molecular complexity index is 646. The Labute approximate surface area is 191 Å². The lowest BCUT2D eigenvalue weighted by Gasteiger charge is -2.26. The molecule has 0 spiro atoms. The molecule has 2 amide bonds. The molecule has 2 atom stereocenters.